The van der Waals surface area contributed by atoms with Gasteiger partial charge in [-0.05, 0) is 36.2 Å². The maximum absolute atomic E-state index is 12.0. The highest BCUT2D eigenvalue weighted by Crippen LogP contribution is 2.33. The molecular formula is C17H16N2O2. The molecule has 106 valence electrons. The van der Waals surface area contributed by atoms with E-state index in [1.54, 1.807) is 6.07 Å². The molecule has 0 spiro atoms. The average molecular weight is 280 g/mol. The fourth-order valence-corrected chi connectivity index (χ4v) is 2.48. The number of hydrogen-bond acceptors (Lipinski definition) is 2. The van der Waals surface area contributed by atoms with Crippen molar-refractivity contribution in [3.05, 3.63) is 59.7 Å². The lowest BCUT2D eigenvalue weighted by molar-refractivity contribution is -0.117. The quantitative estimate of drug-likeness (QED) is 0.908. The molecule has 0 aromatic heterocycles. The molecular weight excluding hydrogens is 264 g/mol. The number of carbonyl (C=O) groups excluding carboxylic acids is 2. The highest BCUT2D eigenvalue weighted by atomic mass is 16.2. The second kappa shape index (κ2) is 5.40. The predicted molar refractivity (Wildman–Crippen MR) is 82.3 cm³/mol. The van der Waals surface area contributed by atoms with E-state index in [1.807, 2.05) is 49.4 Å². The van der Waals surface area contributed by atoms with Crippen molar-refractivity contribution in [2.24, 2.45) is 0 Å². The number of benzene rings is 2. The number of amides is 2. The van der Waals surface area contributed by atoms with Gasteiger partial charge in [0.15, 0.2) is 0 Å². The van der Waals surface area contributed by atoms with Crippen molar-refractivity contribution in [2.45, 2.75) is 19.3 Å². The molecule has 1 atom stereocenters. The van der Waals surface area contributed by atoms with Crippen LogP contribution in [0.2, 0.25) is 0 Å². The van der Waals surface area contributed by atoms with Crippen LogP contribution in [0.5, 0.6) is 0 Å². The van der Waals surface area contributed by atoms with Crippen LogP contribution in [0.1, 0.15) is 24.0 Å². The van der Waals surface area contributed by atoms with E-state index in [0.29, 0.717) is 6.42 Å². The molecule has 0 radical (unpaired) electrons. The van der Waals surface area contributed by atoms with E-state index in [0.717, 1.165) is 22.5 Å². The number of fused-ring (bicyclic) bond motifs is 1. The van der Waals surface area contributed by atoms with Crippen LogP contribution in [0.3, 0.4) is 0 Å². The van der Waals surface area contributed by atoms with Gasteiger partial charge >= 0.3 is 0 Å². The van der Waals surface area contributed by atoms with Gasteiger partial charge in [-0.2, -0.15) is 0 Å². The van der Waals surface area contributed by atoms with Crippen LogP contribution in [0.15, 0.2) is 48.5 Å². The normalized spacial score (nSPS) is 16.2. The molecule has 0 saturated carbocycles. The van der Waals surface area contributed by atoms with Crippen LogP contribution in [0.4, 0.5) is 11.4 Å². The van der Waals surface area contributed by atoms with Crippen molar-refractivity contribution in [1.29, 1.82) is 0 Å². The van der Waals surface area contributed by atoms with E-state index >= 15 is 0 Å². The largest absolute Gasteiger partial charge is 0.326 e. The number of rotatable bonds is 3. The third-order valence-corrected chi connectivity index (χ3v) is 3.66. The third kappa shape index (κ3) is 2.79. The van der Waals surface area contributed by atoms with Crippen molar-refractivity contribution in [2.75, 3.05) is 10.6 Å². The van der Waals surface area contributed by atoms with Gasteiger partial charge in [0.05, 0.1) is 12.3 Å². The molecule has 1 aliphatic heterocycles. The number of anilines is 2. The van der Waals surface area contributed by atoms with Crippen LogP contribution in [-0.2, 0) is 16.0 Å². The fourth-order valence-electron chi connectivity index (χ4n) is 2.48. The van der Waals surface area contributed by atoms with Crippen LogP contribution in [0.25, 0.3) is 0 Å². The Balaban J connectivity index is 1.72. The van der Waals surface area contributed by atoms with Gasteiger partial charge in [-0.25, -0.2) is 0 Å². The standard InChI is InChI=1S/C17H16N2O2/c1-11-14-10-13(7-8-15(14)19-17(11)21)18-16(20)9-12-5-3-2-4-6-12/h2-8,10-11H,9H2,1H3,(H,18,20)(H,19,21). The second-order valence-corrected chi connectivity index (χ2v) is 5.22. The van der Waals surface area contributed by atoms with E-state index in [2.05, 4.69) is 10.6 Å². The van der Waals surface area contributed by atoms with Gasteiger partial charge in [0.2, 0.25) is 11.8 Å². The van der Waals surface area contributed by atoms with Crippen molar-refractivity contribution in [3.8, 4) is 0 Å². The number of carbonyl (C=O) groups is 2. The Kier molecular flexibility index (Phi) is 3.44. The van der Waals surface area contributed by atoms with Crippen molar-refractivity contribution in [1.82, 2.24) is 0 Å². The average Bonchev–Trinajstić information content (AvgIpc) is 2.75. The number of hydrogen-bond donors (Lipinski definition) is 2. The Labute approximate surface area is 123 Å². The van der Waals surface area contributed by atoms with Crippen molar-refractivity contribution >= 4 is 23.2 Å². The fraction of sp³-hybridized carbons (Fsp3) is 0.176. The van der Waals surface area contributed by atoms with Crippen LogP contribution >= 0.6 is 0 Å². The molecule has 0 fully saturated rings. The first kappa shape index (κ1) is 13.4. The Morgan fingerprint density at radius 2 is 1.95 bits per heavy atom. The monoisotopic (exact) mass is 280 g/mol. The molecule has 1 unspecified atom stereocenters. The van der Waals surface area contributed by atoms with Gasteiger partial charge in [0.25, 0.3) is 0 Å². The highest BCUT2D eigenvalue weighted by Gasteiger charge is 2.26. The first-order valence-electron chi connectivity index (χ1n) is 6.92. The minimum atomic E-state index is -0.175. The van der Waals surface area contributed by atoms with E-state index < -0.39 is 0 Å². The van der Waals surface area contributed by atoms with Gasteiger partial charge in [-0.3, -0.25) is 9.59 Å². The minimum absolute atomic E-state index is 0.00207. The molecule has 2 aromatic carbocycles. The van der Waals surface area contributed by atoms with Crippen LogP contribution in [0, 0.1) is 0 Å². The molecule has 21 heavy (non-hydrogen) atoms. The topological polar surface area (TPSA) is 58.2 Å². The van der Waals surface area contributed by atoms with Gasteiger partial charge in [0, 0.05) is 11.4 Å². The lowest BCUT2D eigenvalue weighted by atomic mass is 10.0. The Morgan fingerprint density at radius 3 is 2.71 bits per heavy atom. The summed E-state index contributed by atoms with van der Waals surface area (Å²) in [5.74, 6) is -0.241. The zero-order valence-corrected chi connectivity index (χ0v) is 11.7. The molecule has 0 saturated heterocycles. The van der Waals surface area contributed by atoms with E-state index in [4.69, 9.17) is 0 Å². The molecule has 3 rings (SSSR count). The zero-order chi connectivity index (χ0) is 14.8. The predicted octanol–water partition coefficient (Wildman–Crippen LogP) is 2.92. The van der Waals surface area contributed by atoms with Crippen LogP contribution in [-0.4, -0.2) is 11.8 Å². The Hall–Kier alpha value is -2.62. The molecule has 1 heterocycles. The number of nitrogens with one attached hydrogen (secondary N) is 2. The zero-order valence-electron chi connectivity index (χ0n) is 11.7. The SMILES string of the molecule is CC1C(=O)Nc2ccc(NC(=O)Cc3ccccc3)cc21. The summed E-state index contributed by atoms with van der Waals surface area (Å²) >= 11 is 0. The van der Waals surface area contributed by atoms with Crippen molar-refractivity contribution in [3.63, 3.8) is 0 Å². The minimum Gasteiger partial charge on any atom is -0.326 e. The summed E-state index contributed by atoms with van der Waals surface area (Å²) in [6, 6.07) is 15.1. The van der Waals surface area contributed by atoms with Gasteiger partial charge < -0.3 is 10.6 Å². The lowest BCUT2D eigenvalue weighted by Crippen LogP contribution is -2.14. The molecule has 0 bridgehead atoms. The molecule has 4 heteroatoms. The molecule has 4 nitrogen and oxygen atoms in total. The summed E-state index contributed by atoms with van der Waals surface area (Å²) in [6.45, 7) is 1.86. The van der Waals surface area contributed by atoms with Crippen LogP contribution < -0.4 is 10.6 Å². The summed E-state index contributed by atoms with van der Waals surface area (Å²) in [5, 5.41) is 5.69. The maximum atomic E-state index is 12.0. The van der Waals surface area contributed by atoms with E-state index in [-0.39, 0.29) is 17.7 Å². The third-order valence-electron chi connectivity index (χ3n) is 3.66. The summed E-state index contributed by atoms with van der Waals surface area (Å²) in [7, 11) is 0. The smallest absolute Gasteiger partial charge is 0.231 e. The summed E-state index contributed by atoms with van der Waals surface area (Å²) in [6.07, 6.45) is 0.338. The molecule has 0 aliphatic carbocycles. The highest BCUT2D eigenvalue weighted by molar-refractivity contribution is 6.03. The van der Waals surface area contributed by atoms with Gasteiger partial charge in [-0.1, -0.05) is 30.3 Å². The maximum Gasteiger partial charge on any atom is 0.231 e. The molecule has 1 aliphatic rings. The van der Waals surface area contributed by atoms with Gasteiger partial charge in [-0.15, -0.1) is 0 Å². The second-order valence-electron chi connectivity index (χ2n) is 5.22. The molecule has 2 amide bonds. The molecule has 2 N–H and O–H groups in total. The van der Waals surface area contributed by atoms with E-state index in [1.165, 1.54) is 0 Å². The Morgan fingerprint density at radius 1 is 1.19 bits per heavy atom. The first-order valence-corrected chi connectivity index (χ1v) is 6.92. The molecule has 2 aromatic rings. The summed E-state index contributed by atoms with van der Waals surface area (Å²) in [4.78, 5) is 23.6. The first-order chi connectivity index (χ1) is 10.1. The van der Waals surface area contributed by atoms with Gasteiger partial charge in [0.1, 0.15) is 0 Å². The Bertz CT molecular complexity index is 695. The summed E-state index contributed by atoms with van der Waals surface area (Å²) < 4.78 is 0. The lowest BCUT2D eigenvalue weighted by Gasteiger charge is -2.08. The van der Waals surface area contributed by atoms with E-state index in [9.17, 15) is 9.59 Å². The van der Waals surface area contributed by atoms with Crippen molar-refractivity contribution < 1.29 is 9.59 Å². The summed E-state index contributed by atoms with van der Waals surface area (Å²) in [5.41, 5.74) is 3.45.